The van der Waals surface area contributed by atoms with E-state index >= 15 is 0 Å². The highest BCUT2D eigenvalue weighted by atomic mass is 32.1. The third kappa shape index (κ3) is 3.38. The van der Waals surface area contributed by atoms with Gasteiger partial charge in [0.15, 0.2) is 0 Å². The van der Waals surface area contributed by atoms with Gasteiger partial charge in [0.1, 0.15) is 5.69 Å². The molecule has 128 valence electrons. The summed E-state index contributed by atoms with van der Waals surface area (Å²) in [4.78, 5) is 19.1. The zero-order valence-corrected chi connectivity index (χ0v) is 14.7. The van der Waals surface area contributed by atoms with Crippen molar-refractivity contribution in [1.29, 1.82) is 0 Å². The summed E-state index contributed by atoms with van der Waals surface area (Å²) in [6, 6.07) is 2.38. The molecule has 2 aromatic heterocycles. The van der Waals surface area contributed by atoms with E-state index in [-0.39, 0.29) is 5.91 Å². The third-order valence-electron chi connectivity index (χ3n) is 5.30. The van der Waals surface area contributed by atoms with Crippen LogP contribution in [-0.4, -0.2) is 38.7 Å². The maximum Gasteiger partial charge on any atom is 0.274 e. The number of amides is 1. The van der Waals surface area contributed by atoms with Crippen molar-refractivity contribution >= 4 is 17.2 Å². The number of thiazole rings is 1. The topological polar surface area (TPSA) is 51.0 Å². The van der Waals surface area contributed by atoms with Crippen molar-refractivity contribution in [3.05, 3.63) is 34.5 Å². The molecule has 24 heavy (non-hydrogen) atoms. The van der Waals surface area contributed by atoms with Crippen molar-refractivity contribution in [3.63, 3.8) is 0 Å². The molecular formula is C18H24N4OS. The fourth-order valence-electron chi connectivity index (χ4n) is 3.95. The number of hydrogen-bond donors (Lipinski definition) is 0. The number of nitrogens with zero attached hydrogens (tertiary/aromatic N) is 4. The molecule has 3 heterocycles. The summed E-state index contributed by atoms with van der Waals surface area (Å²) in [5, 5.41) is 7.79. The second-order valence-electron chi connectivity index (χ2n) is 7.01. The summed E-state index contributed by atoms with van der Waals surface area (Å²) in [5.74, 6) is 0.617. The molecular weight excluding hydrogens is 320 g/mol. The van der Waals surface area contributed by atoms with Crippen molar-refractivity contribution in [3.8, 4) is 0 Å². The van der Waals surface area contributed by atoms with Gasteiger partial charge in [-0.15, -0.1) is 11.3 Å². The van der Waals surface area contributed by atoms with Gasteiger partial charge in [0.05, 0.1) is 11.0 Å². The fraction of sp³-hybridized carbons (Fsp3) is 0.611. The van der Waals surface area contributed by atoms with Crippen LogP contribution in [-0.2, 0) is 6.42 Å². The van der Waals surface area contributed by atoms with Gasteiger partial charge in [-0.3, -0.25) is 9.48 Å². The van der Waals surface area contributed by atoms with Crippen molar-refractivity contribution < 1.29 is 4.79 Å². The van der Waals surface area contributed by atoms with E-state index in [2.05, 4.69) is 10.1 Å². The second kappa shape index (κ2) is 7.05. The van der Waals surface area contributed by atoms with E-state index in [1.54, 1.807) is 11.3 Å². The van der Waals surface area contributed by atoms with Gasteiger partial charge >= 0.3 is 0 Å². The Balaban J connectivity index is 1.36. The molecule has 6 heteroatoms. The molecule has 1 unspecified atom stereocenters. The largest absolute Gasteiger partial charge is 0.337 e. The molecule has 0 spiro atoms. The lowest BCUT2D eigenvalue weighted by atomic mass is 9.96. The molecule has 1 saturated carbocycles. The summed E-state index contributed by atoms with van der Waals surface area (Å²) < 4.78 is 2.02. The lowest BCUT2D eigenvalue weighted by molar-refractivity contribution is 0.0779. The highest BCUT2D eigenvalue weighted by molar-refractivity contribution is 7.09. The van der Waals surface area contributed by atoms with Gasteiger partial charge in [0.25, 0.3) is 5.91 Å². The van der Waals surface area contributed by atoms with Crippen LogP contribution in [0.15, 0.2) is 23.8 Å². The SMILES string of the molecule is O=C(c1ccn(C2CCCCC2)n1)N1CCC(Cc2nccs2)C1. The molecule has 1 aliphatic heterocycles. The molecule has 5 nitrogen and oxygen atoms in total. The first-order valence-corrected chi connectivity index (χ1v) is 9.90. The van der Waals surface area contributed by atoms with Gasteiger partial charge in [-0.1, -0.05) is 19.3 Å². The maximum atomic E-state index is 12.7. The van der Waals surface area contributed by atoms with Gasteiger partial charge < -0.3 is 4.90 Å². The van der Waals surface area contributed by atoms with E-state index in [9.17, 15) is 4.79 Å². The Morgan fingerprint density at radius 1 is 1.25 bits per heavy atom. The average Bonchev–Trinajstić information content (AvgIpc) is 3.37. The maximum absolute atomic E-state index is 12.7. The van der Waals surface area contributed by atoms with Crippen LogP contribution in [0.4, 0.5) is 0 Å². The Bertz CT molecular complexity index is 675. The molecule has 1 aliphatic carbocycles. The first-order valence-electron chi connectivity index (χ1n) is 9.02. The van der Waals surface area contributed by atoms with E-state index in [0.29, 0.717) is 17.7 Å². The predicted octanol–water partition coefficient (Wildman–Crippen LogP) is 3.55. The minimum absolute atomic E-state index is 0.0891. The number of aromatic nitrogens is 3. The molecule has 4 rings (SSSR count). The predicted molar refractivity (Wildman–Crippen MR) is 94.2 cm³/mol. The minimum atomic E-state index is 0.0891. The van der Waals surface area contributed by atoms with Crippen LogP contribution in [0.25, 0.3) is 0 Å². The van der Waals surface area contributed by atoms with Crippen LogP contribution in [0.2, 0.25) is 0 Å². The molecule has 1 saturated heterocycles. The number of carbonyl (C=O) groups excluding carboxylic acids is 1. The molecule has 1 atom stereocenters. The molecule has 2 aliphatic rings. The van der Waals surface area contributed by atoms with Crippen LogP contribution in [0.5, 0.6) is 0 Å². The first kappa shape index (κ1) is 15.8. The molecule has 0 N–H and O–H groups in total. The van der Waals surface area contributed by atoms with Crippen LogP contribution in [0.1, 0.15) is 60.1 Å². The fourth-order valence-corrected chi connectivity index (χ4v) is 4.68. The van der Waals surface area contributed by atoms with Crippen LogP contribution in [0.3, 0.4) is 0 Å². The standard InChI is InChI=1S/C18H24N4OS/c23-18(16-7-10-22(20-16)15-4-2-1-3-5-15)21-9-6-14(13-21)12-17-19-8-11-24-17/h7-8,10-11,14-15H,1-6,9,12-13H2. The Hall–Kier alpha value is -1.69. The van der Waals surface area contributed by atoms with Crippen LogP contribution in [0, 0.1) is 5.92 Å². The second-order valence-corrected chi connectivity index (χ2v) is 7.99. The highest BCUT2D eigenvalue weighted by Gasteiger charge is 2.29. The Labute approximate surface area is 146 Å². The summed E-state index contributed by atoms with van der Waals surface area (Å²) in [5.41, 5.74) is 0.607. The van der Waals surface area contributed by atoms with E-state index in [0.717, 1.165) is 25.9 Å². The summed E-state index contributed by atoms with van der Waals surface area (Å²) in [6.07, 6.45) is 12.2. The lowest BCUT2D eigenvalue weighted by Crippen LogP contribution is -2.29. The number of hydrogen-bond acceptors (Lipinski definition) is 4. The van der Waals surface area contributed by atoms with E-state index in [1.165, 1.54) is 37.1 Å². The van der Waals surface area contributed by atoms with Gasteiger partial charge in [-0.05, 0) is 31.2 Å². The van der Waals surface area contributed by atoms with Crippen molar-refractivity contribution in [2.75, 3.05) is 13.1 Å². The first-order chi connectivity index (χ1) is 11.8. The van der Waals surface area contributed by atoms with E-state index < -0.39 is 0 Å². The summed E-state index contributed by atoms with van der Waals surface area (Å²) in [7, 11) is 0. The quantitative estimate of drug-likeness (QED) is 0.852. The third-order valence-corrected chi connectivity index (χ3v) is 6.10. The van der Waals surface area contributed by atoms with Gasteiger partial charge in [-0.2, -0.15) is 5.10 Å². The molecule has 2 aromatic rings. The summed E-state index contributed by atoms with van der Waals surface area (Å²) in [6.45, 7) is 1.67. The Morgan fingerprint density at radius 2 is 2.12 bits per heavy atom. The Kier molecular flexibility index (Phi) is 4.65. The van der Waals surface area contributed by atoms with Crippen LogP contribution >= 0.6 is 11.3 Å². The normalized spacial score (nSPS) is 22.2. The average molecular weight is 344 g/mol. The van der Waals surface area contributed by atoms with Crippen molar-refractivity contribution in [1.82, 2.24) is 19.7 Å². The zero-order chi connectivity index (χ0) is 16.4. The number of rotatable bonds is 4. The monoisotopic (exact) mass is 344 g/mol. The molecule has 1 amide bonds. The van der Waals surface area contributed by atoms with Gasteiger partial charge in [0.2, 0.25) is 0 Å². The zero-order valence-electron chi connectivity index (χ0n) is 13.9. The van der Waals surface area contributed by atoms with Crippen LogP contribution < -0.4 is 0 Å². The van der Waals surface area contributed by atoms with Gasteiger partial charge in [0, 0.05) is 37.3 Å². The number of carbonyl (C=O) groups is 1. The molecule has 0 bridgehead atoms. The highest BCUT2D eigenvalue weighted by Crippen LogP contribution is 2.28. The van der Waals surface area contributed by atoms with Crippen molar-refractivity contribution in [2.24, 2.45) is 5.92 Å². The molecule has 0 aromatic carbocycles. The molecule has 0 radical (unpaired) electrons. The minimum Gasteiger partial charge on any atom is -0.337 e. The number of likely N-dealkylation sites (tertiary alicyclic amines) is 1. The molecule has 2 fully saturated rings. The van der Waals surface area contributed by atoms with E-state index in [4.69, 9.17) is 0 Å². The summed E-state index contributed by atoms with van der Waals surface area (Å²) >= 11 is 1.70. The lowest BCUT2D eigenvalue weighted by Gasteiger charge is -2.22. The van der Waals surface area contributed by atoms with Gasteiger partial charge in [-0.25, -0.2) is 4.98 Å². The smallest absolute Gasteiger partial charge is 0.274 e. The van der Waals surface area contributed by atoms with E-state index in [1.807, 2.05) is 33.4 Å². The van der Waals surface area contributed by atoms with Crippen molar-refractivity contribution in [2.45, 2.75) is 51.0 Å². The Morgan fingerprint density at radius 3 is 2.92 bits per heavy atom.